The zero-order valence-electron chi connectivity index (χ0n) is 21.7. The van der Waals surface area contributed by atoms with Crippen molar-refractivity contribution >= 4 is 40.6 Å². The van der Waals surface area contributed by atoms with Crippen LogP contribution < -0.4 is 29.7 Å². The highest BCUT2D eigenvalue weighted by Gasteiger charge is 2.32. The monoisotopic (exact) mass is 569 g/mol. The summed E-state index contributed by atoms with van der Waals surface area (Å²) in [4.78, 5) is 32.8. The number of halogens is 1. The van der Waals surface area contributed by atoms with Gasteiger partial charge < -0.3 is 14.8 Å². The van der Waals surface area contributed by atoms with Crippen molar-refractivity contribution in [2.24, 2.45) is 4.99 Å². The Labute approximate surface area is 239 Å². The van der Waals surface area contributed by atoms with Crippen LogP contribution in [0.2, 0.25) is 5.02 Å². The molecular formula is C31H24ClN3O4S. The van der Waals surface area contributed by atoms with Gasteiger partial charge in [0.1, 0.15) is 18.1 Å². The van der Waals surface area contributed by atoms with E-state index >= 15 is 0 Å². The van der Waals surface area contributed by atoms with Gasteiger partial charge in [0.25, 0.3) is 11.5 Å². The Hall–Kier alpha value is -4.58. The third-order valence-corrected chi connectivity index (χ3v) is 7.49. The molecule has 3 aromatic carbocycles. The van der Waals surface area contributed by atoms with E-state index in [4.69, 9.17) is 27.5 Å². The number of hydrogen-bond acceptors (Lipinski definition) is 6. The zero-order chi connectivity index (χ0) is 28.2. The number of methoxy groups -OCH3 is 1. The molecule has 1 aliphatic rings. The number of thiazole rings is 1. The number of hydrogen-bond donors (Lipinski definition) is 1. The second-order valence-electron chi connectivity index (χ2n) is 8.85. The maximum Gasteiger partial charge on any atom is 0.271 e. The summed E-state index contributed by atoms with van der Waals surface area (Å²) in [5, 5.41) is 3.43. The molecule has 9 heteroatoms. The van der Waals surface area contributed by atoms with Gasteiger partial charge in [-0.2, -0.15) is 0 Å². The molecule has 1 N–H and O–H groups in total. The SMILES string of the molecule is C#CCOc1ccc(Cl)cc1/C=c1\sc2n(c1=O)[C@H](c1cccc(OC)c1)C(C(=O)Nc1ccccc1)=C(C)N=2. The van der Waals surface area contributed by atoms with Crippen LogP contribution in [0, 0.1) is 12.3 Å². The smallest absolute Gasteiger partial charge is 0.271 e. The summed E-state index contributed by atoms with van der Waals surface area (Å²) in [6.45, 7) is 1.84. The Morgan fingerprint density at radius 1 is 1.18 bits per heavy atom. The topological polar surface area (TPSA) is 81.9 Å². The first-order valence-corrected chi connectivity index (χ1v) is 13.5. The van der Waals surface area contributed by atoms with Gasteiger partial charge in [-0.15, -0.1) is 6.42 Å². The van der Waals surface area contributed by atoms with Gasteiger partial charge in [0.05, 0.1) is 29.0 Å². The first-order valence-electron chi connectivity index (χ1n) is 12.3. The Morgan fingerprint density at radius 2 is 1.98 bits per heavy atom. The second-order valence-corrected chi connectivity index (χ2v) is 10.3. The molecule has 0 saturated carbocycles. The summed E-state index contributed by atoms with van der Waals surface area (Å²) in [5.74, 6) is 3.19. The fraction of sp³-hybridized carbons (Fsp3) is 0.129. The molecule has 1 atom stereocenters. The molecule has 0 radical (unpaired) electrons. The molecule has 5 rings (SSSR count). The molecule has 40 heavy (non-hydrogen) atoms. The van der Waals surface area contributed by atoms with Gasteiger partial charge in [-0.3, -0.25) is 14.2 Å². The Kier molecular flexibility index (Phi) is 7.87. The highest BCUT2D eigenvalue weighted by atomic mass is 35.5. The number of carbonyl (C=O) groups is 1. The lowest BCUT2D eigenvalue weighted by Gasteiger charge is -2.25. The number of para-hydroxylation sites is 1. The fourth-order valence-corrected chi connectivity index (χ4v) is 5.70. The van der Waals surface area contributed by atoms with Crippen LogP contribution in [0.15, 0.2) is 93.9 Å². The number of nitrogens with zero attached hydrogens (tertiary/aromatic N) is 2. The fourth-order valence-electron chi connectivity index (χ4n) is 4.48. The maximum absolute atomic E-state index is 14.0. The van der Waals surface area contributed by atoms with Crippen LogP contribution in [0.4, 0.5) is 5.69 Å². The highest BCUT2D eigenvalue weighted by molar-refractivity contribution is 7.07. The van der Waals surface area contributed by atoms with E-state index in [2.05, 4.69) is 16.2 Å². The number of benzene rings is 3. The van der Waals surface area contributed by atoms with Crippen molar-refractivity contribution in [1.82, 2.24) is 4.57 Å². The summed E-state index contributed by atoms with van der Waals surface area (Å²) in [7, 11) is 1.57. The first-order chi connectivity index (χ1) is 19.4. The van der Waals surface area contributed by atoms with Crippen LogP contribution in [0.1, 0.15) is 24.1 Å². The third-order valence-electron chi connectivity index (χ3n) is 6.28. The predicted octanol–water partition coefficient (Wildman–Crippen LogP) is 4.55. The van der Waals surface area contributed by atoms with Crippen LogP contribution in [-0.2, 0) is 4.79 Å². The molecule has 0 aliphatic carbocycles. The normalized spacial score (nSPS) is 14.7. The average molecular weight is 570 g/mol. The van der Waals surface area contributed by atoms with Crippen LogP contribution >= 0.6 is 22.9 Å². The number of anilines is 1. The minimum atomic E-state index is -0.742. The summed E-state index contributed by atoms with van der Waals surface area (Å²) < 4.78 is 13.1. The molecule has 0 fully saturated rings. The van der Waals surface area contributed by atoms with E-state index in [1.165, 1.54) is 11.3 Å². The van der Waals surface area contributed by atoms with E-state index in [1.54, 1.807) is 55.0 Å². The van der Waals surface area contributed by atoms with Crippen molar-refractivity contribution in [2.45, 2.75) is 13.0 Å². The predicted molar refractivity (Wildman–Crippen MR) is 158 cm³/mol. The summed E-state index contributed by atoms with van der Waals surface area (Å²) in [6.07, 6.45) is 7.07. The van der Waals surface area contributed by atoms with Gasteiger partial charge >= 0.3 is 0 Å². The Morgan fingerprint density at radius 3 is 2.73 bits per heavy atom. The van der Waals surface area contributed by atoms with Crippen LogP contribution in [0.5, 0.6) is 11.5 Å². The van der Waals surface area contributed by atoms with E-state index in [1.807, 2.05) is 42.5 Å². The lowest BCUT2D eigenvalue weighted by Crippen LogP contribution is -2.40. The summed E-state index contributed by atoms with van der Waals surface area (Å²) >= 11 is 7.47. The summed E-state index contributed by atoms with van der Waals surface area (Å²) in [5.41, 5.74) is 2.50. The van der Waals surface area contributed by atoms with E-state index in [0.717, 1.165) is 0 Å². The van der Waals surface area contributed by atoms with Gasteiger partial charge in [-0.1, -0.05) is 59.2 Å². The number of nitrogens with one attached hydrogen (secondary N) is 1. The van der Waals surface area contributed by atoms with Crippen molar-refractivity contribution in [3.8, 4) is 23.8 Å². The molecule has 4 aromatic rings. The number of fused-ring (bicyclic) bond motifs is 1. The third kappa shape index (κ3) is 5.43. The van der Waals surface area contributed by atoms with Crippen molar-refractivity contribution < 1.29 is 14.3 Å². The van der Waals surface area contributed by atoms with Crippen LogP contribution in [0.3, 0.4) is 0 Å². The number of rotatable bonds is 7. The zero-order valence-corrected chi connectivity index (χ0v) is 23.3. The van der Waals surface area contributed by atoms with Crippen molar-refractivity contribution in [1.29, 1.82) is 0 Å². The van der Waals surface area contributed by atoms with E-state index in [0.29, 0.717) is 53.9 Å². The second kappa shape index (κ2) is 11.7. The van der Waals surface area contributed by atoms with Gasteiger partial charge in [-0.25, -0.2) is 4.99 Å². The molecule has 2 heterocycles. The van der Waals surface area contributed by atoms with Crippen molar-refractivity contribution in [3.63, 3.8) is 0 Å². The quantitative estimate of drug-likeness (QED) is 0.331. The first kappa shape index (κ1) is 27.0. The average Bonchev–Trinajstić information content (AvgIpc) is 3.26. The van der Waals surface area contributed by atoms with Crippen LogP contribution in [-0.4, -0.2) is 24.2 Å². The molecule has 1 aliphatic heterocycles. The number of aromatic nitrogens is 1. The lowest BCUT2D eigenvalue weighted by atomic mass is 9.95. The molecule has 7 nitrogen and oxygen atoms in total. The maximum atomic E-state index is 14.0. The molecule has 0 saturated heterocycles. The molecule has 1 aromatic heterocycles. The van der Waals surface area contributed by atoms with Gasteiger partial charge in [0.15, 0.2) is 4.80 Å². The number of carbonyl (C=O) groups excluding carboxylic acids is 1. The lowest BCUT2D eigenvalue weighted by molar-refractivity contribution is -0.113. The van der Waals surface area contributed by atoms with Crippen molar-refractivity contribution in [2.75, 3.05) is 19.0 Å². The number of ether oxygens (including phenoxy) is 2. The summed E-state index contributed by atoms with van der Waals surface area (Å²) in [6, 6.07) is 20.8. The minimum absolute atomic E-state index is 0.0681. The number of allylic oxidation sites excluding steroid dienone is 1. The van der Waals surface area contributed by atoms with E-state index in [9.17, 15) is 9.59 Å². The molecule has 1 amide bonds. The number of amides is 1. The Bertz CT molecular complexity index is 1850. The van der Waals surface area contributed by atoms with E-state index < -0.39 is 6.04 Å². The molecular weight excluding hydrogens is 546 g/mol. The molecule has 0 bridgehead atoms. The number of terminal acetylenes is 1. The van der Waals surface area contributed by atoms with E-state index in [-0.39, 0.29) is 18.1 Å². The molecule has 0 unspecified atom stereocenters. The van der Waals surface area contributed by atoms with Gasteiger partial charge in [0.2, 0.25) is 0 Å². The highest BCUT2D eigenvalue weighted by Crippen LogP contribution is 2.32. The van der Waals surface area contributed by atoms with Crippen molar-refractivity contribution in [3.05, 3.63) is 120 Å². The van der Waals surface area contributed by atoms with Gasteiger partial charge in [-0.05, 0) is 61.0 Å². The molecule has 0 spiro atoms. The Balaban J connectivity index is 1.69. The minimum Gasteiger partial charge on any atom is -0.497 e. The van der Waals surface area contributed by atoms with Crippen LogP contribution in [0.25, 0.3) is 6.08 Å². The standard InChI is InChI=1S/C31H24ClN3O4S/c1-4-15-39-25-14-13-22(32)16-21(25)18-26-30(37)35-28(20-9-8-12-24(17-20)38-3)27(19(2)33-31(35)40-26)29(36)34-23-10-6-5-7-11-23/h1,5-14,16-18,28H,15H2,2-3H3,(H,34,36)/b26-18-/t28-/m1/s1. The largest absolute Gasteiger partial charge is 0.497 e. The molecule has 200 valence electrons. The van der Waals surface area contributed by atoms with Gasteiger partial charge in [0, 0.05) is 16.3 Å².